The first-order valence-electron chi connectivity index (χ1n) is 9.36. The van der Waals surface area contributed by atoms with Crippen molar-refractivity contribution in [1.82, 2.24) is 9.78 Å². The number of carbonyl (C=O) groups is 1. The lowest BCUT2D eigenvalue weighted by molar-refractivity contribution is -0.113. The van der Waals surface area contributed by atoms with E-state index in [0.29, 0.717) is 18.0 Å². The fraction of sp³-hybridized carbons (Fsp3) is 0.500. The number of nitrogens with one attached hydrogen (secondary N) is 1. The molecule has 0 spiro atoms. The van der Waals surface area contributed by atoms with Crippen molar-refractivity contribution in [2.45, 2.75) is 44.4 Å². The van der Waals surface area contributed by atoms with Crippen LogP contribution in [0.3, 0.4) is 0 Å². The van der Waals surface area contributed by atoms with E-state index in [-0.39, 0.29) is 28.9 Å². The molecule has 28 heavy (non-hydrogen) atoms. The summed E-state index contributed by atoms with van der Waals surface area (Å²) in [7, 11) is -3.04. The van der Waals surface area contributed by atoms with Crippen LogP contribution < -0.4 is 5.32 Å². The van der Waals surface area contributed by atoms with Crippen molar-refractivity contribution in [3.05, 3.63) is 47.7 Å². The first kappa shape index (κ1) is 20.9. The van der Waals surface area contributed by atoms with Gasteiger partial charge in [-0.1, -0.05) is 51.1 Å². The molecule has 2 heterocycles. The number of thioether (sulfide) groups is 1. The third kappa shape index (κ3) is 5.38. The van der Waals surface area contributed by atoms with Gasteiger partial charge in [-0.15, -0.1) is 11.8 Å². The Balaban J connectivity index is 1.69. The standard InChI is InChI=1S/C20H27N3O3S2/c1-20(2,3)17-11-18(23(22-17)16-9-10-28(25,26)14-16)21-19(24)13-27-12-15-7-5-4-6-8-15/h4-8,11,16H,9-10,12-14H2,1-3H3,(H,21,24)/t16-/m0/s1. The normalized spacial score (nSPS) is 18.9. The molecule has 6 nitrogen and oxygen atoms in total. The number of nitrogens with zero attached hydrogens (tertiary/aromatic N) is 2. The Morgan fingerprint density at radius 2 is 2.00 bits per heavy atom. The zero-order valence-corrected chi connectivity index (χ0v) is 18.1. The van der Waals surface area contributed by atoms with E-state index in [1.54, 1.807) is 16.4 Å². The summed E-state index contributed by atoms with van der Waals surface area (Å²) >= 11 is 1.55. The van der Waals surface area contributed by atoms with Crippen LogP contribution in [0, 0.1) is 0 Å². The quantitative estimate of drug-likeness (QED) is 0.773. The molecule has 1 aromatic heterocycles. The van der Waals surface area contributed by atoms with Gasteiger partial charge < -0.3 is 5.32 Å². The minimum absolute atomic E-state index is 0.0733. The van der Waals surface area contributed by atoms with Gasteiger partial charge >= 0.3 is 0 Å². The number of benzene rings is 1. The highest BCUT2D eigenvalue weighted by molar-refractivity contribution is 7.99. The van der Waals surface area contributed by atoms with Crippen molar-refractivity contribution in [3.8, 4) is 0 Å². The number of hydrogen-bond acceptors (Lipinski definition) is 5. The zero-order valence-electron chi connectivity index (χ0n) is 16.5. The van der Waals surface area contributed by atoms with Gasteiger partial charge in [0.25, 0.3) is 0 Å². The average Bonchev–Trinajstić information content (AvgIpc) is 3.18. The minimum Gasteiger partial charge on any atom is -0.310 e. The third-order valence-electron chi connectivity index (χ3n) is 4.67. The van der Waals surface area contributed by atoms with Gasteiger partial charge in [0.1, 0.15) is 5.82 Å². The number of carbonyl (C=O) groups excluding carboxylic acids is 1. The van der Waals surface area contributed by atoms with Gasteiger partial charge in [0, 0.05) is 17.2 Å². The van der Waals surface area contributed by atoms with Gasteiger partial charge in [-0.25, -0.2) is 13.1 Å². The van der Waals surface area contributed by atoms with Gasteiger partial charge in [0.2, 0.25) is 5.91 Å². The number of anilines is 1. The van der Waals surface area contributed by atoms with E-state index in [0.717, 1.165) is 11.4 Å². The summed E-state index contributed by atoms with van der Waals surface area (Å²) in [6.45, 7) is 6.14. The molecule has 0 bridgehead atoms. The fourth-order valence-corrected chi connectivity index (χ4v) is 5.60. The van der Waals surface area contributed by atoms with Crippen molar-refractivity contribution in [1.29, 1.82) is 0 Å². The van der Waals surface area contributed by atoms with E-state index in [4.69, 9.17) is 0 Å². The van der Waals surface area contributed by atoms with E-state index in [1.165, 1.54) is 5.56 Å². The molecular weight excluding hydrogens is 394 g/mol. The third-order valence-corrected chi connectivity index (χ3v) is 7.42. The summed E-state index contributed by atoms with van der Waals surface area (Å²) in [6.07, 6.45) is 0.527. The predicted octanol–water partition coefficient (Wildman–Crippen LogP) is 3.41. The summed E-state index contributed by atoms with van der Waals surface area (Å²) < 4.78 is 25.5. The van der Waals surface area contributed by atoms with Crippen molar-refractivity contribution in [3.63, 3.8) is 0 Å². The van der Waals surface area contributed by atoms with Gasteiger partial charge in [-0.3, -0.25) is 4.79 Å². The second-order valence-corrected chi connectivity index (χ2v) is 11.4. The number of hydrogen-bond donors (Lipinski definition) is 1. The molecule has 152 valence electrons. The average molecular weight is 422 g/mol. The summed E-state index contributed by atoms with van der Waals surface area (Å²) in [6, 6.07) is 11.7. The molecule has 1 aliphatic rings. The Hall–Kier alpha value is -1.80. The Labute approximate surface area is 171 Å². The van der Waals surface area contributed by atoms with E-state index in [2.05, 4.69) is 10.4 Å². The molecule has 1 aliphatic heterocycles. The Morgan fingerprint density at radius 3 is 2.61 bits per heavy atom. The molecule has 0 saturated carbocycles. The van der Waals surface area contributed by atoms with E-state index in [1.807, 2.05) is 57.2 Å². The number of sulfone groups is 1. The van der Waals surface area contributed by atoms with Crippen LogP contribution in [0.4, 0.5) is 5.82 Å². The zero-order chi connectivity index (χ0) is 20.4. The highest BCUT2D eigenvalue weighted by atomic mass is 32.2. The molecule has 2 aromatic rings. The van der Waals surface area contributed by atoms with Crippen LogP contribution in [0.1, 0.15) is 44.5 Å². The summed E-state index contributed by atoms with van der Waals surface area (Å²) in [4.78, 5) is 12.5. The Bertz CT molecular complexity index is 931. The van der Waals surface area contributed by atoms with Crippen LogP contribution in [0.25, 0.3) is 0 Å². The van der Waals surface area contributed by atoms with E-state index in [9.17, 15) is 13.2 Å². The van der Waals surface area contributed by atoms with Gasteiger partial charge in [0.05, 0.1) is 29.0 Å². The molecule has 3 rings (SSSR count). The Morgan fingerprint density at radius 1 is 1.29 bits per heavy atom. The largest absolute Gasteiger partial charge is 0.310 e. The summed E-state index contributed by atoms with van der Waals surface area (Å²) in [5.74, 6) is 1.81. The molecule has 0 unspecified atom stereocenters. The number of rotatable bonds is 6. The van der Waals surface area contributed by atoms with Gasteiger partial charge in [-0.2, -0.15) is 5.10 Å². The van der Waals surface area contributed by atoms with Crippen LogP contribution in [0.2, 0.25) is 0 Å². The second-order valence-electron chi connectivity index (χ2n) is 8.19. The predicted molar refractivity (Wildman–Crippen MR) is 114 cm³/mol. The first-order valence-corrected chi connectivity index (χ1v) is 12.3. The van der Waals surface area contributed by atoms with Crippen molar-refractivity contribution >= 4 is 33.3 Å². The maximum absolute atomic E-state index is 12.5. The van der Waals surface area contributed by atoms with E-state index < -0.39 is 9.84 Å². The fourth-order valence-electron chi connectivity index (χ4n) is 3.12. The Kier molecular flexibility index (Phi) is 6.19. The van der Waals surface area contributed by atoms with Crippen molar-refractivity contribution in [2.75, 3.05) is 22.6 Å². The highest BCUT2D eigenvalue weighted by Gasteiger charge is 2.32. The molecule has 1 atom stereocenters. The van der Waals surface area contributed by atoms with Crippen LogP contribution in [0.15, 0.2) is 36.4 Å². The molecule has 1 amide bonds. The molecule has 8 heteroatoms. The molecule has 1 aromatic carbocycles. The monoisotopic (exact) mass is 421 g/mol. The molecule has 0 aliphatic carbocycles. The minimum atomic E-state index is -3.04. The summed E-state index contributed by atoms with van der Waals surface area (Å²) in [5, 5.41) is 7.58. The topological polar surface area (TPSA) is 81.1 Å². The molecule has 0 radical (unpaired) electrons. The van der Waals surface area contributed by atoms with E-state index >= 15 is 0 Å². The SMILES string of the molecule is CC(C)(C)c1cc(NC(=O)CSCc2ccccc2)n([C@H]2CCS(=O)(=O)C2)n1. The summed E-state index contributed by atoms with van der Waals surface area (Å²) in [5.41, 5.74) is 1.82. The lowest BCUT2D eigenvalue weighted by Crippen LogP contribution is -2.21. The first-order chi connectivity index (χ1) is 13.1. The van der Waals surface area contributed by atoms with Gasteiger partial charge in [-0.05, 0) is 12.0 Å². The van der Waals surface area contributed by atoms with Crippen LogP contribution in [-0.4, -0.2) is 41.4 Å². The van der Waals surface area contributed by atoms with Gasteiger partial charge in [0.15, 0.2) is 9.84 Å². The van der Waals surface area contributed by atoms with Crippen LogP contribution in [0.5, 0.6) is 0 Å². The molecule has 1 saturated heterocycles. The molecule has 1 N–H and O–H groups in total. The number of aromatic nitrogens is 2. The molecule has 1 fully saturated rings. The second kappa shape index (κ2) is 8.29. The number of amides is 1. The van der Waals surface area contributed by atoms with Crippen LogP contribution in [-0.2, 0) is 25.8 Å². The lowest BCUT2D eigenvalue weighted by atomic mass is 9.92. The maximum atomic E-state index is 12.5. The lowest BCUT2D eigenvalue weighted by Gasteiger charge is -2.15. The smallest absolute Gasteiger partial charge is 0.235 e. The van der Waals surface area contributed by atoms with Crippen molar-refractivity contribution in [2.24, 2.45) is 0 Å². The maximum Gasteiger partial charge on any atom is 0.235 e. The highest BCUT2D eigenvalue weighted by Crippen LogP contribution is 2.31. The van der Waals surface area contributed by atoms with Crippen molar-refractivity contribution < 1.29 is 13.2 Å². The van der Waals surface area contributed by atoms with Crippen LogP contribution >= 0.6 is 11.8 Å². The molecular formula is C20H27N3O3S2.